The lowest BCUT2D eigenvalue weighted by molar-refractivity contribution is 0.311. The van der Waals surface area contributed by atoms with Crippen LogP contribution in [0, 0.1) is 12.7 Å². The highest BCUT2D eigenvalue weighted by molar-refractivity contribution is 5.91. The second kappa shape index (κ2) is 6.93. The summed E-state index contributed by atoms with van der Waals surface area (Å²) >= 11 is 0. The minimum atomic E-state index is -0.220. The van der Waals surface area contributed by atoms with Crippen LogP contribution in [0.5, 0.6) is 0 Å². The van der Waals surface area contributed by atoms with Crippen molar-refractivity contribution in [2.45, 2.75) is 13.0 Å². The normalized spacial score (nSPS) is 12.5. The maximum absolute atomic E-state index is 13.6. The highest BCUT2D eigenvalue weighted by Crippen LogP contribution is 2.25. The van der Waals surface area contributed by atoms with E-state index in [9.17, 15) is 4.39 Å². The van der Waals surface area contributed by atoms with Gasteiger partial charge in [0.25, 0.3) is 0 Å². The van der Waals surface area contributed by atoms with E-state index in [1.54, 1.807) is 18.5 Å². The molecule has 1 heterocycles. The Bertz CT molecular complexity index is 842. The molecular weight excluding hydrogens is 303 g/mol. The first-order valence-electron chi connectivity index (χ1n) is 7.92. The fourth-order valence-electron chi connectivity index (χ4n) is 2.92. The molecule has 0 aliphatic carbocycles. The van der Waals surface area contributed by atoms with E-state index in [1.807, 2.05) is 45.3 Å². The van der Waals surface area contributed by atoms with Crippen molar-refractivity contribution >= 4 is 16.7 Å². The molecule has 3 aromatic rings. The maximum atomic E-state index is 13.6. The van der Waals surface area contributed by atoms with E-state index in [0.29, 0.717) is 6.54 Å². The van der Waals surface area contributed by atoms with Crippen LogP contribution in [0.25, 0.3) is 10.9 Å². The molecule has 1 atom stereocenters. The molecule has 2 aromatic carbocycles. The molecular formula is C19H21FN4. The number of nitrogens with zero attached hydrogens (tertiary/aromatic N) is 3. The lowest BCUT2D eigenvalue weighted by atomic mass is 10.1. The Morgan fingerprint density at radius 1 is 1.12 bits per heavy atom. The van der Waals surface area contributed by atoms with Gasteiger partial charge in [0.1, 0.15) is 18.0 Å². The number of fused-ring (bicyclic) bond motifs is 1. The lowest BCUT2D eigenvalue weighted by Crippen LogP contribution is -2.27. The van der Waals surface area contributed by atoms with Crippen molar-refractivity contribution in [1.29, 1.82) is 0 Å². The van der Waals surface area contributed by atoms with Crippen molar-refractivity contribution in [3.8, 4) is 0 Å². The second-order valence-electron chi connectivity index (χ2n) is 6.11. The minimum Gasteiger partial charge on any atom is -0.368 e. The van der Waals surface area contributed by atoms with Gasteiger partial charge in [-0.3, -0.25) is 0 Å². The Balaban J connectivity index is 1.88. The predicted octanol–water partition coefficient (Wildman–Crippen LogP) is 3.79. The van der Waals surface area contributed by atoms with Crippen LogP contribution < -0.4 is 5.32 Å². The summed E-state index contributed by atoms with van der Waals surface area (Å²) < 4.78 is 13.6. The number of aromatic nitrogens is 2. The molecule has 0 spiro atoms. The highest BCUT2D eigenvalue weighted by Gasteiger charge is 2.16. The minimum absolute atomic E-state index is 0.0368. The van der Waals surface area contributed by atoms with Gasteiger partial charge in [0.2, 0.25) is 0 Å². The van der Waals surface area contributed by atoms with E-state index < -0.39 is 0 Å². The number of hydrogen-bond acceptors (Lipinski definition) is 4. The second-order valence-corrected chi connectivity index (χ2v) is 6.11. The topological polar surface area (TPSA) is 41.1 Å². The van der Waals surface area contributed by atoms with Gasteiger partial charge in [-0.1, -0.05) is 24.3 Å². The summed E-state index contributed by atoms with van der Waals surface area (Å²) in [5.74, 6) is 0.587. The molecule has 24 heavy (non-hydrogen) atoms. The standard InChI is InChI=1S/C19H21FN4/c1-13-6-4-9-16-18(13)19(23-12-22-16)21-11-17(24(2)3)14-7-5-8-15(20)10-14/h4-10,12,17H,11H2,1-3H3,(H,21,22,23). The molecule has 0 fully saturated rings. The lowest BCUT2D eigenvalue weighted by Gasteiger charge is -2.25. The molecule has 4 nitrogen and oxygen atoms in total. The van der Waals surface area contributed by atoms with Crippen LogP contribution in [-0.2, 0) is 0 Å². The Kier molecular flexibility index (Phi) is 4.71. The largest absolute Gasteiger partial charge is 0.368 e. The molecule has 0 bridgehead atoms. The number of nitrogens with one attached hydrogen (secondary N) is 1. The number of hydrogen-bond donors (Lipinski definition) is 1. The fraction of sp³-hybridized carbons (Fsp3) is 0.263. The number of anilines is 1. The Morgan fingerprint density at radius 3 is 2.67 bits per heavy atom. The molecule has 0 saturated heterocycles. The molecule has 124 valence electrons. The van der Waals surface area contributed by atoms with Crippen LogP contribution in [0.1, 0.15) is 17.2 Å². The summed E-state index contributed by atoms with van der Waals surface area (Å²) in [6, 6.07) is 12.8. The fourth-order valence-corrected chi connectivity index (χ4v) is 2.92. The van der Waals surface area contributed by atoms with Gasteiger partial charge in [-0.2, -0.15) is 0 Å². The molecule has 1 unspecified atom stereocenters. The van der Waals surface area contributed by atoms with E-state index in [-0.39, 0.29) is 11.9 Å². The van der Waals surface area contributed by atoms with Crippen molar-refractivity contribution in [3.05, 3.63) is 65.7 Å². The Hall–Kier alpha value is -2.53. The van der Waals surface area contributed by atoms with Crippen molar-refractivity contribution in [3.63, 3.8) is 0 Å². The number of halogens is 1. The molecule has 0 radical (unpaired) electrons. The van der Waals surface area contributed by atoms with Crippen LogP contribution in [0.15, 0.2) is 48.8 Å². The molecule has 1 aromatic heterocycles. The first-order chi connectivity index (χ1) is 11.6. The van der Waals surface area contributed by atoms with Gasteiger partial charge in [-0.15, -0.1) is 0 Å². The summed E-state index contributed by atoms with van der Waals surface area (Å²) in [7, 11) is 3.97. The number of likely N-dealkylation sites (N-methyl/N-ethyl adjacent to an activating group) is 1. The van der Waals surface area contributed by atoms with Gasteiger partial charge in [0.15, 0.2) is 0 Å². The molecule has 0 aliphatic heterocycles. The first kappa shape index (κ1) is 16.3. The van der Waals surface area contributed by atoms with Gasteiger partial charge in [-0.05, 0) is 50.3 Å². The van der Waals surface area contributed by atoms with Gasteiger partial charge in [0, 0.05) is 11.9 Å². The summed E-state index contributed by atoms with van der Waals surface area (Å²) in [5.41, 5.74) is 2.98. The third kappa shape index (κ3) is 3.36. The van der Waals surface area contributed by atoms with E-state index in [4.69, 9.17) is 0 Å². The Morgan fingerprint density at radius 2 is 1.92 bits per heavy atom. The van der Waals surface area contributed by atoms with Crippen molar-refractivity contribution in [1.82, 2.24) is 14.9 Å². The van der Waals surface area contributed by atoms with Gasteiger partial charge in [0.05, 0.1) is 11.6 Å². The van der Waals surface area contributed by atoms with Crippen LogP contribution in [0.2, 0.25) is 0 Å². The number of benzene rings is 2. The summed E-state index contributed by atoms with van der Waals surface area (Å²) in [4.78, 5) is 10.8. The van der Waals surface area contributed by atoms with Crippen molar-refractivity contribution in [2.75, 3.05) is 26.0 Å². The monoisotopic (exact) mass is 324 g/mol. The van der Waals surface area contributed by atoms with Crippen molar-refractivity contribution in [2.24, 2.45) is 0 Å². The maximum Gasteiger partial charge on any atom is 0.137 e. The zero-order valence-electron chi connectivity index (χ0n) is 14.1. The first-order valence-corrected chi connectivity index (χ1v) is 7.92. The summed E-state index contributed by atoms with van der Waals surface area (Å²) in [6.45, 7) is 2.67. The average molecular weight is 324 g/mol. The predicted molar refractivity (Wildman–Crippen MR) is 95.6 cm³/mol. The quantitative estimate of drug-likeness (QED) is 0.775. The smallest absolute Gasteiger partial charge is 0.137 e. The van der Waals surface area contributed by atoms with Crippen LogP contribution in [0.4, 0.5) is 10.2 Å². The van der Waals surface area contributed by atoms with Crippen LogP contribution >= 0.6 is 0 Å². The van der Waals surface area contributed by atoms with E-state index >= 15 is 0 Å². The van der Waals surface area contributed by atoms with Crippen LogP contribution in [-0.4, -0.2) is 35.5 Å². The van der Waals surface area contributed by atoms with E-state index in [1.165, 1.54) is 6.07 Å². The van der Waals surface area contributed by atoms with Crippen molar-refractivity contribution < 1.29 is 4.39 Å². The third-order valence-electron chi connectivity index (χ3n) is 4.19. The molecule has 1 N–H and O–H groups in total. The zero-order chi connectivity index (χ0) is 17.1. The molecule has 0 saturated carbocycles. The van der Waals surface area contributed by atoms with Gasteiger partial charge < -0.3 is 10.2 Å². The zero-order valence-corrected chi connectivity index (χ0v) is 14.1. The molecule has 5 heteroatoms. The summed E-state index contributed by atoms with van der Waals surface area (Å²) in [6.07, 6.45) is 1.57. The number of aryl methyl sites for hydroxylation is 1. The highest BCUT2D eigenvalue weighted by atomic mass is 19.1. The Labute approximate surface area is 141 Å². The summed E-state index contributed by atoms with van der Waals surface area (Å²) in [5, 5.41) is 4.44. The average Bonchev–Trinajstić information content (AvgIpc) is 2.55. The molecule has 0 amide bonds. The van der Waals surface area contributed by atoms with E-state index in [2.05, 4.69) is 20.2 Å². The van der Waals surface area contributed by atoms with E-state index in [0.717, 1.165) is 27.8 Å². The SMILES string of the molecule is Cc1cccc2ncnc(NCC(c3cccc(F)c3)N(C)C)c12. The van der Waals surface area contributed by atoms with Gasteiger partial charge in [-0.25, -0.2) is 14.4 Å². The van der Waals surface area contributed by atoms with Gasteiger partial charge >= 0.3 is 0 Å². The third-order valence-corrected chi connectivity index (χ3v) is 4.19. The molecule has 3 rings (SSSR count). The number of rotatable bonds is 5. The van der Waals surface area contributed by atoms with Crippen LogP contribution in [0.3, 0.4) is 0 Å². The molecule has 0 aliphatic rings.